The van der Waals surface area contributed by atoms with Crippen molar-refractivity contribution in [1.29, 1.82) is 0 Å². The van der Waals surface area contributed by atoms with Crippen molar-refractivity contribution in [3.05, 3.63) is 102 Å². The second-order valence-corrected chi connectivity index (χ2v) is 11.6. The van der Waals surface area contributed by atoms with E-state index in [9.17, 15) is 19.5 Å². The molecule has 0 saturated carbocycles. The Hall–Kier alpha value is -2.78. The van der Waals surface area contributed by atoms with Gasteiger partial charge in [0.2, 0.25) is 0 Å². The number of likely N-dealkylation sites (tertiary alicyclic amines) is 1. The van der Waals surface area contributed by atoms with E-state index in [1.165, 1.54) is 38.9 Å². The smallest absolute Gasteiger partial charge is 0.327 e. The Morgan fingerprint density at radius 3 is 2.09 bits per heavy atom. The summed E-state index contributed by atoms with van der Waals surface area (Å²) in [7, 11) is 0. The van der Waals surface area contributed by atoms with Gasteiger partial charge in [0.1, 0.15) is 6.04 Å². The van der Waals surface area contributed by atoms with E-state index in [0.29, 0.717) is 20.3 Å². The molecular weight excluding hydrogens is 522 g/mol. The van der Waals surface area contributed by atoms with E-state index in [0.717, 1.165) is 10.4 Å². The fourth-order valence-electron chi connectivity index (χ4n) is 4.91. The first-order chi connectivity index (χ1) is 16.9. The molecule has 1 aliphatic heterocycles. The van der Waals surface area contributed by atoms with Crippen LogP contribution in [-0.4, -0.2) is 33.7 Å². The zero-order chi connectivity index (χ0) is 24.7. The van der Waals surface area contributed by atoms with Gasteiger partial charge in [-0.2, -0.15) is 0 Å². The van der Waals surface area contributed by atoms with Crippen molar-refractivity contribution < 1.29 is 19.5 Å². The molecule has 0 spiro atoms. The molecule has 1 fully saturated rings. The van der Waals surface area contributed by atoms with Crippen LogP contribution >= 0.6 is 45.6 Å². The first-order valence-electron chi connectivity index (χ1n) is 10.8. The number of amides is 1. The van der Waals surface area contributed by atoms with Crippen LogP contribution in [0.15, 0.2) is 70.7 Å². The highest BCUT2D eigenvalue weighted by Crippen LogP contribution is 2.53. The van der Waals surface area contributed by atoms with E-state index in [-0.39, 0.29) is 11.7 Å². The monoisotopic (exact) mass is 541 g/mol. The first kappa shape index (κ1) is 23.9. The Balaban J connectivity index is 1.77. The Morgan fingerprint density at radius 1 is 0.886 bits per heavy atom. The van der Waals surface area contributed by atoms with E-state index < -0.39 is 29.9 Å². The summed E-state index contributed by atoms with van der Waals surface area (Å²) < 4.78 is 0. The number of Topliss-reactive ketones (excluding diaryl/α,β-unsaturated/α-hetero) is 1. The summed E-state index contributed by atoms with van der Waals surface area (Å²) >= 11 is 10.2. The summed E-state index contributed by atoms with van der Waals surface area (Å²) in [5.74, 6) is -3.22. The SMILES string of the molecule is Cc1ccsc1C1C(C(=O)c2cccs2)C(c2ccc(Cl)cc2)C(C(=O)O)N1C(=O)c1cccs1. The van der Waals surface area contributed by atoms with Crippen LogP contribution in [0.1, 0.15) is 47.3 Å². The lowest BCUT2D eigenvalue weighted by Gasteiger charge is -2.29. The second-order valence-electron chi connectivity index (χ2n) is 8.33. The van der Waals surface area contributed by atoms with Gasteiger partial charge in [0.05, 0.1) is 21.7 Å². The van der Waals surface area contributed by atoms with Gasteiger partial charge in [0.25, 0.3) is 5.91 Å². The second kappa shape index (κ2) is 9.70. The van der Waals surface area contributed by atoms with Gasteiger partial charge >= 0.3 is 5.97 Å². The molecule has 0 bridgehead atoms. The number of carboxylic acids is 1. The zero-order valence-corrected chi connectivity index (χ0v) is 21.7. The van der Waals surface area contributed by atoms with Crippen molar-refractivity contribution in [2.24, 2.45) is 5.92 Å². The number of ketones is 1. The topological polar surface area (TPSA) is 74.7 Å². The minimum Gasteiger partial charge on any atom is -0.480 e. The van der Waals surface area contributed by atoms with Gasteiger partial charge in [-0.05, 0) is 64.5 Å². The molecule has 3 aromatic heterocycles. The third kappa shape index (κ3) is 4.25. The number of benzene rings is 1. The summed E-state index contributed by atoms with van der Waals surface area (Å²) in [6.45, 7) is 1.93. The highest BCUT2D eigenvalue weighted by Gasteiger charge is 2.58. The van der Waals surface area contributed by atoms with Crippen LogP contribution in [0.4, 0.5) is 0 Å². The standard InChI is InChI=1S/C26H20ClNO4S3/c1-14-10-13-35-24(14)21-20(23(29)17-4-2-11-33-17)19(15-6-8-16(27)9-7-15)22(26(31)32)28(21)25(30)18-5-3-12-34-18/h2-13,19-22H,1H3,(H,31,32). The van der Waals surface area contributed by atoms with Crippen LogP contribution in [0.25, 0.3) is 0 Å². The van der Waals surface area contributed by atoms with Crippen LogP contribution in [0.3, 0.4) is 0 Å². The number of thiophene rings is 3. The van der Waals surface area contributed by atoms with Gasteiger partial charge < -0.3 is 10.0 Å². The number of carbonyl (C=O) groups excluding carboxylic acids is 2. The predicted molar refractivity (Wildman–Crippen MR) is 140 cm³/mol. The summed E-state index contributed by atoms with van der Waals surface area (Å²) in [5.41, 5.74) is 1.59. The average molecular weight is 542 g/mol. The summed E-state index contributed by atoms with van der Waals surface area (Å²) in [4.78, 5) is 44.0. The van der Waals surface area contributed by atoms with E-state index in [1.54, 1.807) is 53.9 Å². The molecule has 5 nitrogen and oxygen atoms in total. The number of carbonyl (C=O) groups is 3. The third-order valence-corrected chi connectivity index (χ3v) is 9.46. The molecule has 4 unspecified atom stereocenters. The number of aryl methyl sites for hydroxylation is 1. The number of hydrogen-bond acceptors (Lipinski definition) is 6. The third-order valence-electron chi connectivity index (χ3n) is 6.38. The molecule has 4 aromatic rings. The highest BCUT2D eigenvalue weighted by atomic mass is 35.5. The van der Waals surface area contributed by atoms with Gasteiger partial charge in [-0.25, -0.2) is 4.79 Å². The Bertz CT molecular complexity index is 1360. The molecule has 9 heteroatoms. The fourth-order valence-corrected chi connectivity index (χ4v) is 7.48. The molecule has 0 aliphatic carbocycles. The molecule has 35 heavy (non-hydrogen) atoms. The van der Waals surface area contributed by atoms with E-state index in [4.69, 9.17) is 11.6 Å². The maximum absolute atomic E-state index is 14.1. The number of aliphatic carboxylic acids is 1. The quantitative estimate of drug-likeness (QED) is 0.273. The van der Waals surface area contributed by atoms with Crippen molar-refractivity contribution in [1.82, 2.24) is 4.90 Å². The molecule has 1 amide bonds. The van der Waals surface area contributed by atoms with Gasteiger partial charge in [-0.15, -0.1) is 34.0 Å². The molecule has 1 aliphatic rings. The van der Waals surface area contributed by atoms with Crippen LogP contribution in [-0.2, 0) is 4.79 Å². The molecule has 1 N–H and O–H groups in total. The molecule has 5 rings (SSSR count). The van der Waals surface area contributed by atoms with Crippen molar-refractivity contribution in [2.45, 2.75) is 24.9 Å². The Labute approximate surface area is 219 Å². The molecular formula is C26H20ClNO4S3. The molecule has 4 atom stereocenters. The lowest BCUT2D eigenvalue weighted by atomic mass is 9.78. The van der Waals surface area contributed by atoms with Crippen molar-refractivity contribution in [2.75, 3.05) is 0 Å². The molecule has 0 radical (unpaired) electrons. The minimum atomic E-state index is -1.23. The number of hydrogen-bond donors (Lipinski definition) is 1. The average Bonchev–Trinajstić information content (AvgIpc) is 3.64. The lowest BCUT2D eigenvalue weighted by molar-refractivity contribution is -0.142. The normalized spacial score (nSPS) is 21.8. The van der Waals surface area contributed by atoms with Crippen LogP contribution in [0, 0.1) is 12.8 Å². The number of nitrogens with zero attached hydrogens (tertiary/aromatic N) is 1. The number of rotatable bonds is 6. The number of carboxylic acid groups (broad SMARTS) is 1. The summed E-state index contributed by atoms with van der Waals surface area (Å²) in [6.07, 6.45) is 0. The van der Waals surface area contributed by atoms with E-state index >= 15 is 0 Å². The first-order valence-corrected chi connectivity index (χ1v) is 13.9. The maximum Gasteiger partial charge on any atom is 0.327 e. The zero-order valence-electron chi connectivity index (χ0n) is 18.5. The van der Waals surface area contributed by atoms with Crippen LogP contribution < -0.4 is 0 Å². The van der Waals surface area contributed by atoms with Gasteiger partial charge in [0.15, 0.2) is 5.78 Å². The van der Waals surface area contributed by atoms with Crippen LogP contribution in [0.2, 0.25) is 5.02 Å². The summed E-state index contributed by atoms with van der Waals surface area (Å²) in [6, 6.07) is 13.9. The highest BCUT2D eigenvalue weighted by molar-refractivity contribution is 7.12. The van der Waals surface area contributed by atoms with Crippen LogP contribution in [0.5, 0.6) is 0 Å². The molecule has 178 valence electrons. The number of halogens is 1. The predicted octanol–water partition coefficient (Wildman–Crippen LogP) is 6.77. The van der Waals surface area contributed by atoms with E-state index in [2.05, 4.69) is 0 Å². The van der Waals surface area contributed by atoms with Crippen molar-refractivity contribution in [3.63, 3.8) is 0 Å². The Kier molecular flexibility index (Phi) is 6.63. The Morgan fingerprint density at radius 2 is 1.54 bits per heavy atom. The maximum atomic E-state index is 14.1. The fraction of sp³-hybridized carbons (Fsp3) is 0.192. The van der Waals surface area contributed by atoms with Crippen molar-refractivity contribution in [3.8, 4) is 0 Å². The van der Waals surface area contributed by atoms with Gasteiger partial charge in [-0.3, -0.25) is 9.59 Å². The lowest BCUT2D eigenvalue weighted by Crippen LogP contribution is -2.43. The van der Waals surface area contributed by atoms with Gasteiger partial charge in [0, 0.05) is 15.8 Å². The minimum absolute atomic E-state index is 0.162. The summed E-state index contributed by atoms with van der Waals surface area (Å²) in [5, 5.41) is 16.5. The van der Waals surface area contributed by atoms with Crippen molar-refractivity contribution >= 4 is 63.3 Å². The molecule has 4 heterocycles. The largest absolute Gasteiger partial charge is 0.480 e. The van der Waals surface area contributed by atoms with E-state index in [1.807, 2.05) is 23.8 Å². The molecule has 1 aromatic carbocycles. The van der Waals surface area contributed by atoms with Gasteiger partial charge in [-0.1, -0.05) is 35.9 Å². The molecule has 1 saturated heterocycles.